The summed E-state index contributed by atoms with van der Waals surface area (Å²) in [5.74, 6) is -5.25. The molecule has 0 radical (unpaired) electrons. The molecule has 0 saturated carbocycles. The highest BCUT2D eigenvalue weighted by Crippen LogP contribution is 2.50. The lowest BCUT2D eigenvalue weighted by molar-refractivity contribution is -0.137. The van der Waals surface area contributed by atoms with Gasteiger partial charge in [-0.15, -0.1) is 11.3 Å². The summed E-state index contributed by atoms with van der Waals surface area (Å²) in [7, 11) is 1.31. The van der Waals surface area contributed by atoms with Gasteiger partial charge in [-0.05, 0) is 29.3 Å². The second-order valence-corrected chi connectivity index (χ2v) is 11.3. The van der Waals surface area contributed by atoms with Crippen LogP contribution in [0.15, 0.2) is 53.9 Å². The van der Waals surface area contributed by atoms with E-state index in [2.05, 4.69) is 10.6 Å². The molecule has 1 saturated heterocycles. The zero-order chi connectivity index (χ0) is 30.2. The van der Waals surface area contributed by atoms with Crippen molar-refractivity contribution in [3.05, 3.63) is 81.0 Å². The molecular weight excluding hydrogens is 571 g/mol. The van der Waals surface area contributed by atoms with Crippen LogP contribution >= 0.6 is 11.3 Å². The van der Waals surface area contributed by atoms with Crippen LogP contribution in [0, 0.1) is 5.41 Å². The van der Waals surface area contributed by atoms with E-state index in [0.29, 0.717) is 11.1 Å². The van der Waals surface area contributed by atoms with E-state index >= 15 is 4.39 Å². The second kappa shape index (κ2) is 11.2. The second-order valence-electron chi connectivity index (χ2n) is 10.3. The van der Waals surface area contributed by atoms with Crippen LogP contribution in [-0.2, 0) is 26.8 Å². The third kappa shape index (κ3) is 5.49. The quantitative estimate of drug-likeness (QED) is 0.221. The Labute approximate surface area is 243 Å². The van der Waals surface area contributed by atoms with Gasteiger partial charge in [-0.2, -0.15) is 8.78 Å². The van der Waals surface area contributed by atoms with Crippen LogP contribution in [0.5, 0.6) is 0 Å². The number of nitrogens with two attached hydrogens (primary N) is 1. The summed E-state index contributed by atoms with van der Waals surface area (Å²) in [6.45, 7) is -1.19. The SMILES string of the molecule is COC[C@@]1(F)C[C@@H](C(=O)NCc2cc(C(=N)N)cs2)N(C(=O)CNC(=O)c2ccc3c(c2)-c2ccccc2C3(F)F)C1. The standard InChI is InChI=1S/C29H28F3N5O4S/c1-41-15-28(30)10-23(27(40)35-11-18-8-17(13-42-18)25(33)34)37(14-28)24(38)12-36-26(39)16-6-7-22-20(9-16)19-4-2-3-5-21(19)29(22,31)32/h2-9,13,23H,10-12,14-15H2,1H3,(H3,33,34)(H,35,40)(H,36,39)/t23-,28+/m0/s1. The molecule has 220 valence electrons. The van der Waals surface area contributed by atoms with Crippen molar-refractivity contribution < 1.29 is 32.3 Å². The molecule has 1 aromatic heterocycles. The summed E-state index contributed by atoms with van der Waals surface area (Å²) in [5.41, 5.74) is 4.30. The predicted octanol–water partition coefficient (Wildman–Crippen LogP) is 3.15. The number of hydrogen-bond acceptors (Lipinski definition) is 6. The van der Waals surface area contributed by atoms with Gasteiger partial charge in [0.2, 0.25) is 11.8 Å². The molecule has 1 aliphatic heterocycles. The van der Waals surface area contributed by atoms with Crippen molar-refractivity contribution in [1.82, 2.24) is 15.5 Å². The summed E-state index contributed by atoms with van der Waals surface area (Å²) in [4.78, 5) is 40.9. The lowest BCUT2D eigenvalue weighted by Crippen LogP contribution is -2.49. The Balaban J connectivity index is 1.26. The maximum atomic E-state index is 15.5. The summed E-state index contributed by atoms with van der Waals surface area (Å²) in [5, 5.41) is 14.3. The predicted molar refractivity (Wildman–Crippen MR) is 150 cm³/mol. The number of nitrogen functional groups attached to an aromatic ring is 1. The van der Waals surface area contributed by atoms with Gasteiger partial charge in [-0.1, -0.05) is 30.3 Å². The van der Waals surface area contributed by atoms with Crippen LogP contribution in [-0.4, -0.2) is 67.0 Å². The Morgan fingerprint density at radius 1 is 1.07 bits per heavy atom. The molecule has 9 nitrogen and oxygen atoms in total. The molecule has 42 heavy (non-hydrogen) atoms. The summed E-state index contributed by atoms with van der Waals surface area (Å²) in [6, 6.07) is 10.4. The number of carbonyl (C=O) groups excluding carboxylic acids is 3. The van der Waals surface area contributed by atoms with Gasteiger partial charge in [0, 0.05) is 46.0 Å². The molecule has 1 aliphatic carbocycles. The number of likely N-dealkylation sites (tertiary alicyclic amines) is 1. The van der Waals surface area contributed by atoms with E-state index in [1.54, 1.807) is 23.6 Å². The van der Waals surface area contributed by atoms with E-state index < -0.39 is 48.4 Å². The van der Waals surface area contributed by atoms with Crippen molar-refractivity contribution in [3.8, 4) is 11.1 Å². The van der Waals surface area contributed by atoms with Crippen LogP contribution in [0.1, 0.15) is 38.3 Å². The topological polar surface area (TPSA) is 138 Å². The van der Waals surface area contributed by atoms with Crippen LogP contribution < -0.4 is 16.4 Å². The van der Waals surface area contributed by atoms with Gasteiger partial charge in [0.25, 0.3) is 11.8 Å². The van der Waals surface area contributed by atoms with E-state index in [1.165, 1.54) is 48.8 Å². The average Bonchev–Trinajstić information content (AvgIpc) is 3.64. The van der Waals surface area contributed by atoms with E-state index in [1.807, 2.05) is 0 Å². The lowest BCUT2D eigenvalue weighted by atomic mass is 10.0. The minimum atomic E-state index is -3.19. The first kappa shape index (κ1) is 29.3. The van der Waals surface area contributed by atoms with E-state index in [4.69, 9.17) is 15.9 Å². The highest BCUT2D eigenvalue weighted by atomic mass is 32.1. The lowest BCUT2D eigenvalue weighted by Gasteiger charge is -2.24. The molecule has 2 aromatic carbocycles. The monoisotopic (exact) mass is 599 g/mol. The van der Waals surface area contributed by atoms with Gasteiger partial charge in [0.1, 0.15) is 11.9 Å². The molecule has 5 rings (SSSR count). The van der Waals surface area contributed by atoms with Crippen molar-refractivity contribution in [1.29, 1.82) is 5.41 Å². The first-order chi connectivity index (χ1) is 19.9. The maximum absolute atomic E-state index is 15.5. The molecule has 3 amide bonds. The van der Waals surface area contributed by atoms with Gasteiger partial charge in [0.15, 0.2) is 5.67 Å². The number of alkyl halides is 3. The Morgan fingerprint density at radius 2 is 1.81 bits per heavy atom. The van der Waals surface area contributed by atoms with Gasteiger partial charge in [-0.3, -0.25) is 19.8 Å². The zero-order valence-electron chi connectivity index (χ0n) is 22.5. The highest BCUT2D eigenvalue weighted by molar-refractivity contribution is 7.10. The first-order valence-electron chi connectivity index (χ1n) is 13.0. The Morgan fingerprint density at radius 3 is 2.52 bits per heavy atom. The van der Waals surface area contributed by atoms with Crippen LogP contribution in [0.25, 0.3) is 11.1 Å². The fourth-order valence-electron chi connectivity index (χ4n) is 5.38. The number of benzene rings is 2. The molecule has 0 bridgehead atoms. The van der Waals surface area contributed by atoms with E-state index in [-0.39, 0.29) is 47.7 Å². The molecule has 0 unspecified atom stereocenters. The normalized spacial score (nSPS) is 20.1. The van der Waals surface area contributed by atoms with Crippen molar-refractivity contribution in [2.75, 3.05) is 26.8 Å². The molecule has 5 N–H and O–H groups in total. The number of nitrogens with zero attached hydrogens (tertiary/aromatic N) is 1. The largest absolute Gasteiger partial charge is 0.384 e. The molecule has 2 atom stereocenters. The van der Waals surface area contributed by atoms with Gasteiger partial charge in [-0.25, -0.2) is 4.39 Å². The Hall–Kier alpha value is -4.23. The molecule has 2 aliphatic rings. The highest BCUT2D eigenvalue weighted by Gasteiger charge is 2.49. The number of rotatable bonds is 9. The van der Waals surface area contributed by atoms with E-state index in [0.717, 1.165) is 9.78 Å². The minimum absolute atomic E-state index is 0.0740. The van der Waals surface area contributed by atoms with Gasteiger partial charge >= 0.3 is 0 Å². The fraction of sp³-hybridized carbons (Fsp3) is 0.310. The Bertz CT molecular complexity index is 1580. The molecule has 2 heterocycles. The number of ether oxygens (including phenoxy) is 1. The van der Waals surface area contributed by atoms with Crippen molar-refractivity contribution >= 4 is 34.9 Å². The van der Waals surface area contributed by atoms with Crippen molar-refractivity contribution in [3.63, 3.8) is 0 Å². The number of amidine groups is 1. The van der Waals surface area contributed by atoms with Gasteiger partial charge < -0.3 is 26.0 Å². The summed E-state index contributed by atoms with van der Waals surface area (Å²) in [6.07, 6.45) is -0.298. The molecule has 13 heteroatoms. The number of nitrogens with one attached hydrogen (secondary N) is 3. The summed E-state index contributed by atoms with van der Waals surface area (Å²) >= 11 is 1.29. The first-order valence-corrected chi connectivity index (χ1v) is 13.9. The van der Waals surface area contributed by atoms with E-state index in [9.17, 15) is 23.2 Å². The molecular formula is C29H28F3N5O4S. The molecule has 1 fully saturated rings. The third-order valence-corrected chi connectivity index (χ3v) is 8.33. The summed E-state index contributed by atoms with van der Waals surface area (Å²) < 4.78 is 50.2. The van der Waals surface area contributed by atoms with Crippen LogP contribution in [0.4, 0.5) is 13.2 Å². The average molecular weight is 600 g/mol. The minimum Gasteiger partial charge on any atom is -0.384 e. The number of fused-ring (bicyclic) bond motifs is 3. The number of amides is 3. The van der Waals surface area contributed by atoms with Crippen LogP contribution in [0.3, 0.4) is 0 Å². The number of halogens is 3. The zero-order valence-corrected chi connectivity index (χ0v) is 23.3. The number of carbonyl (C=O) groups is 3. The van der Waals surface area contributed by atoms with Crippen LogP contribution in [0.2, 0.25) is 0 Å². The van der Waals surface area contributed by atoms with Gasteiger partial charge in [0.05, 0.1) is 26.2 Å². The number of thiophene rings is 1. The number of methoxy groups -OCH3 is 1. The molecule has 0 spiro atoms. The van der Waals surface area contributed by atoms with Crippen molar-refractivity contribution in [2.45, 2.75) is 30.6 Å². The smallest absolute Gasteiger partial charge is 0.299 e. The third-order valence-electron chi connectivity index (χ3n) is 7.39. The van der Waals surface area contributed by atoms with Crippen molar-refractivity contribution in [2.24, 2.45) is 5.73 Å². The molecule has 3 aromatic rings. The maximum Gasteiger partial charge on any atom is 0.299 e. The Kier molecular flexibility index (Phi) is 7.82. The fourth-order valence-corrected chi connectivity index (χ4v) is 6.21. The number of hydrogen-bond donors (Lipinski definition) is 4.